The number of amides is 3. The summed E-state index contributed by atoms with van der Waals surface area (Å²) in [4.78, 5) is 38.0. The number of hydrogen-bond donors (Lipinski definition) is 3. The molecule has 45 heavy (non-hydrogen) atoms. The third kappa shape index (κ3) is 6.47. The van der Waals surface area contributed by atoms with E-state index in [4.69, 9.17) is 19.1 Å². The van der Waals surface area contributed by atoms with Gasteiger partial charge in [0.05, 0.1) is 24.4 Å². The van der Waals surface area contributed by atoms with Gasteiger partial charge in [-0.05, 0) is 66.7 Å². The van der Waals surface area contributed by atoms with E-state index in [0.717, 1.165) is 33.9 Å². The molecule has 1 fully saturated rings. The van der Waals surface area contributed by atoms with Gasteiger partial charge in [-0.1, -0.05) is 6.07 Å². The van der Waals surface area contributed by atoms with Crippen LogP contribution in [-0.2, 0) is 11.3 Å². The summed E-state index contributed by atoms with van der Waals surface area (Å²) in [6.45, 7) is 2.40. The number of carbonyl (C=O) groups is 2. The zero-order valence-corrected chi connectivity index (χ0v) is 24.7. The van der Waals surface area contributed by atoms with Gasteiger partial charge in [-0.3, -0.25) is 4.79 Å². The van der Waals surface area contributed by atoms with Crippen LogP contribution in [0.3, 0.4) is 0 Å². The van der Waals surface area contributed by atoms with Crippen molar-refractivity contribution in [2.45, 2.75) is 6.61 Å². The molecule has 3 aromatic carbocycles. The number of ether oxygens (including phenoxy) is 1. The van der Waals surface area contributed by atoms with Gasteiger partial charge in [0.15, 0.2) is 5.82 Å². The molecule has 0 unspecified atom stereocenters. The predicted octanol–water partition coefficient (Wildman–Crippen LogP) is 5.37. The Balaban J connectivity index is 1.24. The molecule has 2 aromatic heterocycles. The monoisotopic (exact) mass is 610 g/mol. The summed E-state index contributed by atoms with van der Waals surface area (Å²) < 4.78 is 25.9. The molecule has 1 aliphatic heterocycles. The van der Waals surface area contributed by atoms with Crippen LogP contribution in [0.15, 0.2) is 77.2 Å². The van der Waals surface area contributed by atoms with Gasteiger partial charge in [0.25, 0.3) is 5.91 Å². The number of aliphatic hydroxyl groups is 1. The summed E-state index contributed by atoms with van der Waals surface area (Å²) in [5, 5.41) is 15.5. The van der Waals surface area contributed by atoms with Gasteiger partial charge in [-0.2, -0.15) is 0 Å². The number of hydrogen-bond acceptors (Lipinski definition) is 8. The highest BCUT2D eigenvalue weighted by molar-refractivity contribution is 6.01. The van der Waals surface area contributed by atoms with Gasteiger partial charge >= 0.3 is 6.03 Å². The molecule has 12 heteroatoms. The molecule has 0 bridgehead atoms. The lowest BCUT2D eigenvalue weighted by Gasteiger charge is -2.29. The number of aromatic nitrogens is 2. The second-order valence-electron chi connectivity index (χ2n) is 10.7. The number of benzene rings is 3. The maximum Gasteiger partial charge on any atom is 0.323 e. The van der Waals surface area contributed by atoms with E-state index in [2.05, 4.69) is 15.5 Å². The molecular formula is C33H31FN6O5. The van der Waals surface area contributed by atoms with Crippen LogP contribution >= 0.6 is 0 Å². The largest absolute Gasteiger partial charge is 0.459 e. The van der Waals surface area contributed by atoms with E-state index in [0.29, 0.717) is 49.3 Å². The highest BCUT2D eigenvalue weighted by Gasteiger charge is 2.19. The Bertz CT molecular complexity index is 1870. The number of halogens is 1. The molecule has 11 nitrogen and oxygen atoms in total. The minimum Gasteiger partial charge on any atom is -0.459 e. The number of nitrogens with zero attached hydrogens (tertiary/aromatic N) is 4. The van der Waals surface area contributed by atoms with Crippen molar-refractivity contribution in [3.05, 3.63) is 89.9 Å². The predicted molar refractivity (Wildman–Crippen MR) is 169 cm³/mol. The average Bonchev–Trinajstić information content (AvgIpc) is 3.55. The number of aliphatic hydroxyl groups excluding tert-OH is 1. The Morgan fingerprint density at radius 3 is 2.38 bits per heavy atom. The first-order chi connectivity index (χ1) is 21.8. The first kappa shape index (κ1) is 29.7. The molecule has 3 N–H and O–H groups in total. The van der Waals surface area contributed by atoms with Crippen LogP contribution in [0.5, 0.6) is 0 Å². The summed E-state index contributed by atoms with van der Waals surface area (Å²) in [5.41, 5.74) is 2.88. The van der Waals surface area contributed by atoms with Crippen LogP contribution in [0.25, 0.3) is 33.6 Å². The van der Waals surface area contributed by atoms with Gasteiger partial charge in [0.2, 0.25) is 0 Å². The van der Waals surface area contributed by atoms with E-state index in [1.807, 2.05) is 24.3 Å². The third-order valence-corrected chi connectivity index (χ3v) is 7.36. The molecule has 0 atom stereocenters. The van der Waals surface area contributed by atoms with Crippen LogP contribution in [0.2, 0.25) is 0 Å². The zero-order chi connectivity index (χ0) is 31.5. The molecule has 1 aliphatic rings. The lowest BCUT2D eigenvalue weighted by molar-refractivity contribution is 0.0827. The van der Waals surface area contributed by atoms with E-state index in [9.17, 15) is 19.1 Å². The molecular weight excluding hydrogens is 579 g/mol. The number of fused-ring (bicyclic) bond motifs is 1. The molecule has 6 rings (SSSR count). The van der Waals surface area contributed by atoms with Gasteiger partial charge in [-0.25, -0.2) is 19.2 Å². The fourth-order valence-corrected chi connectivity index (χ4v) is 5.02. The number of morpholine rings is 1. The second-order valence-corrected chi connectivity index (χ2v) is 10.7. The van der Waals surface area contributed by atoms with E-state index in [1.165, 1.54) is 17.0 Å². The highest BCUT2D eigenvalue weighted by atomic mass is 19.1. The Hall–Kier alpha value is -5.33. The number of anilines is 3. The van der Waals surface area contributed by atoms with Crippen LogP contribution in [0.1, 0.15) is 16.1 Å². The zero-order valence-electron chi connectivity index (χ0n) is 24.7. The Labute approximate surface area is 258 Å². The topological polar surface area (TPSA) is 133 Å². The van der Waals surface area contributed by atoms with Crippen LogP contribution in [-0.4, -0.2) is 72.3 Å². The molecule has 0 radical (unpaired) electrons. The smallest absolute Gasteiger partial charge is 0.323 e. The fraction of sp³-hybridized carbons (Fsp3) is 0.212. The first-order valence-electron chi connectivity index (χ1n) is 14.3. The molecule has 230 valence electrons. The van der Waals surface area contributed by atoms with E-state index in [-0.39, 0.29) is 23.8 Å². The lowest BCUT2D eigenvalue weighted by atomic mass is 10.1. The van der Waals surface area contributed by atoms with E-state index in [1.54, 1.807) is 44.4 Å². The number of carbonyl (C=O) groups excluding carboxylic acids is 2. The molecule has 0 aliphatic carbocycles. The van der Waals surface area contributed by atoms with Gasteiger partial charge in [0, 0.05) is 54.9 Å². The quantitative estimate of drug-likeness (QED) is 0.224. The number of furan rings is 1. The van der Waals surface area contributed by atoms with Crippen molar-refractivity contribution >= 4 is 40.0 Å². The normalized spacial score (nSPS) is 13.1. The Morgan fingerprint density at radius 1 is 0.933 bits per heavy atom. The second kappa shape index (κ2) is 12.7. The van der Waals surface area contributed by atoms with Gasteiger partial charge in [-0.15, -0.1) is 0 Å². The lowest BCUT2D eigenvalue weighted by Crippen LogP contribution is -2.37. The van der Waals surface area contributed by atoms with E-state index < -0.39 is 11.8 Å². The summed E-state index contributed by atoms with van der Waals surface area (Å²) in [5.74, 6) is 1.34. The molecule has 3 heterocycles. The third-order valence-electron chi connectivity index (χ3n) is 7.36. The van der Waals surface area contributed by atoms with Crippen molar-refractivity contribution in [3.63, 3.8) is 0 Å². The average molecular weight is 611 g/mol. The number of urea groups is 1. The molecule has 0 spiro atoms. The van der Waals surface area contributed by atoms with E-state index >= 15 is 0 Å². The van der Waals surface area contributed by atoms with Gasteiger partial charge in [0.1, 0.15) is 29.8 Å². The van der Waals surface area contributed by atoms with Gasteiger partial charge < -0.3 is 34.7 Å². The molecule has 0 saturated carbocycles. The van der Waals surface area contributed by atoms with Crippen molar-refractivity contribution in [2.24, 2.45) is 0 Å². The maximum absolute atomic E-state index is 14.6. The maximum atomic E-state index is 14.6. The number of nitrogens with one attached hydrogen (secondary N) is 2. The highest BCUT2D eigenvalue weighted by Crippen LogP contribution is 2.32. The Kier molecular flexibility index (Phi) is 8.41. The molecule has 5 aromatic rings. The van der Waals surface area contributed by atoms with Crippen molar-refractivity contribution in [3.8, 4) is 22.7 Å². The summed E-state index contributed by atoms with van der Waals surface area (Å²) in [6, 6.07) is 19.7. The summed E-state index contributed by atoms with van der Waals surface area (Å²) in [6.07, 6.45) is 0. The SMILES string of the molecule is CN(C)C(=O)c1ccc(NC(=O)Nc2ccc(-c3nc(N4CCOCC4)c4ccc(-c5ccc(CO)o5)cc4n3)cc2)c(F)c1. The minimum absolute atomic E-state index is 0.0545. The number of rotatable bonds is 7. The first-order valence-corrected chi connectivity index (χ1v) is 14.3. The summed E-state index contributed by atoms with van der Waals surface area (Å²) >= 11 is 0. The molecule has 1 saturated heterocycles. The Morgan fingerprint density at radius 2 is 1.69 bits per heavy atom. The summed E-state index contributed by atoms with van der Waals surface area (Å²) in [7, 11) is 3.15. The van der Waals surface area contributed by atoms with Crippen LogP contribution in [0.4, 0.5) is 26.4 Å². The van der Waals surface area contributed by atoms with Crippen LogP contribution < -0.4 is 15.5 Å². The van der Waals surface area contributed by atoms with Crippen molar-refractivity contribution in [1.82, 2.24) is 14.9 Å². The molecule has 3 amide bonds. The minimum atomic E-state index is -0.721. The standard InChI is InChI=1S/C33H31FN6O5/c1-39(2)32(42)22-6-11-27(26(34)17-22)37-33(43)35-23-7-3-20(4-8-23)30-36-28-18-21(29-12-9-24(19-41)45-29)5-10-25(28)31(38-30)40-13-15-44-16-14-40/h3-12,17-18,41H,13-16,19H2,1-2H3,(H2,35,37,43). The van der Waals surface area contributed by atoms with Crippen molar-refractivity contribution in [2.75, 3.05) is 55.9 Å². The van der Waals surface area contributed by atoms with Crippen molar-refractivity contribution in [1.29, 1.82) is 0 Å². The van der Waals surface area contributed by atoms with Crippen molar-refractivity contribution < 1.29 is 28.2 Å². The fourth-order valence-electron chi connectivity index (χ4n) is 5.02. The van der Waals surface area contributed by atoms with Crippen LogP contribution in [0, 0.1) is 5.82 Å².